The predicted octanol–water partition coefficient (Wildman–Crippen LogP) is 9.62. The van der Waals surface area contributed by atoms with Crippen LogP contribution in [0.25, 0.3) is 0 Å². The molecule has 0 heterocycles. The quantitative estimate of drug-likeness (QED) is 0.208. The van der Waals surface area contributed by atoms with E-state index in [1.807, 2.05) is 8.94 Å². The second-order valence-corrected chi connectivity index (χ2v) is 56.0. The van der Waals surface area contributed by atoms with Gasteiger partial charge in [-0.3, -0.25) is 0 Å². The summed E-state index contributed by atoms with van der Waals surface area (Å²) in [6, 6.07) is 0. The monoisotopic (exact) mass is 722 g/mol. The van der Waals surface area contributed by atoms with Crippen LogP contribution in [0.15, 0.2) is 43.6 Å². The molecule has 36 heavy (non-hydrogen) atoms. The van der Waals surface area contributed by atoms with Crippen molar-refractivity contribution in [1.29, 1.82) is 0 Å². The van der Waals surface area contributed by atoms with Crippen molar-refractivity contribution in [3.8, 4) is 0 Å². The van der Waals surface area contributed by atoms with Gasteiger partial charge in [0, 0.05) is 0 Å². The van der Waals surface area contributed by atoms with Gasteiger partial charge in [0.25, 0.3) is 0 Å². The Morgan fingerprint density at radius 1 is 0.417 bits per heavy atom. The molecule has 0 saturated carbocycles. The molecule has 0 aliphatic heterocycles. The van der Waals surface area contributed by atoms with Gasteiger partial charge in [0.2, 0.25) is 0 Å². The normalized spacial score (nSPS) is 21.3. The van der Waals surface area contributed by atoms with Gasteiger partial charge in [-0.15, -0.1) is 0 Å². The molecule has 2 rings (SSSR count). The van der Waals surface area contributed by atoms with Gasteiger partial charge in [0.05, 0.1) is 0 Å². The Bertz CT molecular complexity index is 882. The van der Waals surface area contributed by atoms with Crippen LogP contribution < -0.4 is 0 Å². The molecule has 0 fully saturated rings. The molecule has 0 spiro atoms. The second kappa shape index (κ2) is 9.99. The third-order valence-electron chi connectivity index (χ3n) is 8.78. The fraction of sp³-hybridized carbons (Fsp3) is 0.714. The van der Waals surface area contributed by atoms with Crippen molar-refractivity contribution in [3.05, 3.63) is 43.6 Å². The molecule has 0 aromatic heterocycles. The summed E-state index contributed by atoms with van der Waals surface area (Å²) in [5.41, 5.74) is 0. The van der Waals surface area contributed by atoms with Crippen LogP contribution in [-0.4, -0.2) is 74.7 Å². The van der Waals surface area contributed by atoms with E-state index in [1.165, 1.54) is 0 Å². The fourth-order valence-corrected chi connectivity index (χ4v) is 54.0. The molecule has 0 amide bonds. The summed E-state index contributed by atoms with van der Waals surface area (Å²) < 4.78 is 4.69. The second-order valence-electron chi connectivity index (χ2n) is 17.5. The van der Waals surface area contributed by atoms with E-state index >= 15 is 0 Å². The Morgan fingerprint density at radius 3 is 0.806 bits per heavy atom. The van der Waals surface area contributed by atoms with Crippen LogP contribution >= 0.6 is 0 Å². The van der Waals surface area contributed by atoms with Crippen molar-refractivity contribution in [2.75, 3.05) is 0 Å². The number of hydrogen-bond donors (Lipinski definition) is 0. The van der Waals surface area contributed by atoms with Crippen molar-refractivity contribution in [1.82, 2.24) is 0 Å². The van der Waals surface area contributed by atoms with E-state index < -0.39 is 48.4 Å². The molecule has 0 radical (unpaired) electrons. The number of rotatable bonds is 9. The minimum absolute atomic E-state index is 0.423. The van der Waals surface area contributed by atoms with E-state index in [0.29, 0.717) is 35.6 Å². The summed E-state index contributed by atoms with van der Waals surface area (Å²) in [5.74, 6) is 0. The van der Waals surface area contributed by atoms with Crippen molar-refractivity contribution in [3.63, 3.8) is 0 Å². The molecule has 0 saturated heterocycles. The van der Waals surface area contributed by atoms with Crippen molar-refractivity contribution in [2.45, 2.75) is 127 Å². The molecule has 0 aromatic rings. The summed E-state index contributed by atoms with van der Waals surface area (Å²) in [5, 5.41) is 3.53. The number of hydrogen-bond acceptors (Lipinski definition) is 0. The summed E-state index contributed by atoms with van der Waals surface area (Å²) >= 11 is 1.18. The van der Waals surface area contributed by atoms with Crippen molar-refractivity contribution in [2.24, 2.45) is 0 Å². The van der Waals surface area contributed by atoms with E-state index in [0.717, 1.165) is 0 Å². The van der Waals surface area contributed by atoms with E-state index in [-0.39, 0.29) is 0 Å². The maximum absolute atomic E-state index is 2.91. The van der Waals surface area contributed by atoms with Crippen molar-refractivity contribution < 1.29 is 0 Å². The molecule has 0 atom stereocenters. The molecule has 0 nitrogen and oxygen atoms in total. The standard InChI is InChI=1S/C28H58Se2Si6/c1-31(2,3)23-19-25(27(21-23,33(7,8)9)34(10,11)12)29-30-26-20-24(32(4,5)6)22-28(26,35(13,14)15)36(16,17)18/h19-22H,1-18H3. The first-order chi connectivity index (χ1) is 15.6. The Labute approximate surface area is 243 Å². The van der Waals surface area contributed by atoms with Crippen LogP contribution in [0.4, 0.5) is 0 Å². The zero-order valence-electron chi connectivity index (χ0n) is 27.1. The third-order valence-corrected chi connectivity index (χ3v) is 42.2. The molecule has 8 heteroatoms. The molecule has 206 valence electrons. The molecule has 2 aliphatic rings. The van der Waals surface area contributed by atoms with Crippen molar-refractivity contribution >= 4 is 74.7 Å². The molecular weight excluding hydrogens is 663 g/mol. The average Bonchev–Trinajstić information content (AvgIpc) is 3.18. The zero-order chi connectivity index (χ0) is 28.6. The predicted molar refractivity (Wildman–Crippen MR) is 189 cm³/mol. The number of allylic oxidation sites excluding steroid dienone is 8. The molecule has 2 aliphatic carbocycles. The zero-order valence-corrected chi connectivity index (χ0v) is 36.6. The van der Waals surface area contributed by atoms with E-state index in [2.05, 4.69) is 142 Å². The molecule has 0 unspecified atom stereocenters. The van der Waals surface area contributed by atoms with Gasteiger partial charge >= 0.3 is 246 Å². The van der Waals surface area contributed by atoms with Gasteiger partial charge in [-0.05, 0) is 0 Å². The SMILES string of the molecule is C[Si](C)(C)C1=CC([Si](C)(C)C)([Si](C)(C)C)C([Se][Se]C2=CC([Si](C)(C)C)=CC2([Si](C)(C)C)[Si](C)(C)C)=C1. The molecule has 0 bridgehead atoms. The van der Waals surface area contributed by atoms with E-state index in [4.69, 9.17) is 0 Å². The van der Waals surface area contributed by atoms with Crippen LogP contribution in [0.2, 0.25) is 127 Å². The van der Waals surface area contributed by atoms with Gasteiger partial charge in [-0.1, -0.05) is 0 Å². The minimum atomic E-state index is -1.47. The molecule has 0 N–H and O–H groups in total. The summed E-state index contributed by atoms with van der Waals surface area (Å²) in [6.45, 7) is 47.6. The van der Waals surface area contributed by atoms with Crippen LogP contribution in [0, 0.1) is 0 Å². The third kappa shape index (κ3) is 5.84. The average molecular weight is 721 g/mol. The maximum atomic E-state index is 2.91. The Balaban J connectivity index is 2.70. The van der Waals surface area contributed by atoms with Gasteiger partial charge < -0.3 is 0 Å². The van der Waals surface area contributed by atoms with E-state index in [1.54, 1.807) is 10.4 Å². The Morgan fingerprint density at radius 2 is 0.639 bits per heavy atom. The van der Waals surface area contributed by atoms with Crippen LogP contribution in [0.3, 0.4) is 0 Å². The van der Waals surface area contributed by atoms with Crippen LogP contribution in [0.5, 0.6) is 0 Å². The van der Waals surface area contributed by atoms with Gasteiger partial charge in [-0.2, -0.15) is 0 Å². The Kier molecular flexibility index (Phi) is 9.30. The van der Waals surface area contributed by atoms with Crippen LogP contribution in [0.1, 0.15) is 0 Å². The first kappa shape index (κ1) is 33.5. The first-order valence-corrected chi connectivity index (χ1v) is 40.9. The summed E-state index contributed by atoms with van der Waals surface area (Å²) in [6.07, 6.45) is 11.4. The Hall–Kier alpha value is 1.30. The van der Waals surface area contributed by atoms with E-state index in [9.17, 15) is 0 Å². The van der Waals surface area contributed by atoms with Gasteiger partial charge in [0.1, 0.15) is 0 Å². The van der Waals surface area contributed by atoms with Crippen LogP contribution in [-0.2, 0) is 0 Å². The molecule has 0 aromatic carbocycles. The van der Waals surface area contributed by atoms with Gasteiger partial charge in [0.15, 0.2) is 0 Å². The summed E-state index contributed by atoms with van der Waals surface area (Å²) in [4.78, 5) is 0. The van der Waals surface area contributed by atoms with Gasteiger partial charge in [-0.25, -0.2) is 0 Å². The molecular formula is C28H58Se2Si6. The topological polar surface area (TPSA) is 0 Å². The first-order valence-electron chi connectivity index (χ1n) is 13.9. The summed E-state index contributed by atoms with van der Waals surface area (Å²) in [7, 11) is -8.58. The fourth-order valence-electron chi connectivity index (χ4n) is 6.93.